The number of rotatable bonds is 5. The summed E-state index contributed by atoms with van der Waals surface area (Å²) < 4.78 is 10.7. The van der Waals surface area contributed by atoms with Crippen LogP contribution in [0.1, 0.15) is 34.9 Å². The van der Waals surface area contributed by atoms with Gasteiger partial charge in [-0.15, -0.1) is 11.3 Å². The van der Waals surface area contributed by atoms with E-state index < -0.39 is 0 Å². The second-order valence-corrected chi connectivity index (χ2v) is 5.69. The molecule has 0 radical (unpaired) electrons. The summed E-state index contributed by atoms with van der Waals surface area (Å²) in [6, 6.07) is 6.92. The molecule has 0 amide bonds. The number of carbonyl (C=O) groups excluding carboxylic acids is 1. The third kappa shape index (κ3) is 4.06. The minimum absolute atomic E-state index is 0.119. The van der Waals surface area contributed by atoms with E-state index in [-0.39, 0.29) is 12.1 Å². The summed E-state index contributed by atoms with van der Waals surface area (Å²) in [5, 5.41) is 3.00. The van der Waals surface area contributed by atoms with Gasteiger partial charge in [0.2, 0.25) is 0 Å². The van der Waals surface area contributed by atoms with Gasteiger partial charge in [0.25, 0.3) is 0 Å². The average molecular weight is 291 g/mol. The number of nitrogens with zero attached hydrogens (tertiary/aromatic N) is 1. The summed E-state index contributed by atoms with van der Waals surface area (Å²) in [5.41, 5.74) is 1.44. The van der Waals surface area contributed by atoms with Crippen LogP contribution in [-0.2, 0) is 11.3 Å². The predicted octanol–water partition coefficient (Wildman–Crippen LogP) is 3.60. The fourth-order valence-electron chi connectivity index (χ4n) is 1.60. The van der Waals surface area contributed by atoms with Crippen LogP contribution in [0.5, 0.6) is 5.75 Å². The first kappa shape index (κ1) is 14.5. The number of hydrogen-bond acceptors (Lipinski definition) is 5. The highest BCUT2D eigenvalue weighted by Crippen LogP contribution is 2.16. The largest absolute Gasteiger partial charge is 0.487 e. The van der Waals surface area contributed by atoms with Crippen molar-refractivity contribution in [2.45, 2.75) is 33.5 Å². The van der Waals surface area contributed by atoms with Crippen molar-refractivity contribution in [3.8, 4) is 5.75 Å². The molecule has 1 aromatic heterocycles. The van der Waals surface area contributed by atoms with Crippen LogP contribution in [-0.4, -0.2) is 17.1 Å². The van der Waals surface area contributed by atoms with E-state index in [9.17, 15) is 4.79 Å². The van der Waals surface area contributed by atoms with Gasteiger partial charge < -0.3 is 9.47 Å². The maximum Gasteiger partial charge on any atom is 0.338 e. The monoisotopic (exact) mass is 291 g/mol. The van der Waals surface area contributed by atoms with Crippen molar-refractivity contribution < 1.29 is 14.3 Å². The van der Waals surface area contributed by atoms with Gasteiger partial charge in [0.15, 0.2) is 0 Å². The Hall–Kier alpha value is -1.88. The Kier molecular flexibility index (Phi) is 4.74. The molecular formula is C15H17NO3S. The quantitative estimate of drug-likeness (QED) is 0.790. The maximum atomic E-state index is 11.7. The van der Waals surface area contributed by atoms with Crippen LogP contribution in [0.3, 0.4) is 0 Å². The van der Waals surface area contributed by atoms with Gasteiger partial charge in [-0.1, -0.05) is 0 Å². The average Bonchev–Trinajstić information content (AvgIpc) is 2.82. The van der Waals surface area contributed by atoms with Crippen molar-refractivity contribution in [2.24, 2.45) is 0 Å². The predicted molar refractivity (Wildman–Crippen MR) is 78.2 cm³/mol. The van der Waals surface area contributed by atoms with Gasteiger partial charge in [0, 0.05) is 5.38 Å². The molecule has 2 aromatic rings. The Morgan fingerprint density at radius 1 is 1.30 bits per heavy atom. The first-order valence-electron chi connectivity index (χ1n) is 6.39. The number of benzene rings is 1. The van der Waals surface area contributed by atoms with Crippen molar-refractivity contribution in [1.82, 2.24) is 4.98 Å². The van der Waals surface area contributed by atoms with E-state index in [2.05, 4.69) is 4.98 Å². The number of ether oxygens (including phenoxy) is 2. The number of aryl methyl sites for hydroxylation is 1. The van der Waals surface area contributed by atoms with Crippen LogP contribution in [0.2, 0.25) is 0 Å². The summed E-state index contributed by atoms with van der Waals surface area (Å²) >= 11 is 1.60. The lowest BCUT2D eigenvalue weighted by molar-refractivity contribution is 0.0378. The zero-order valence-corrected chi connectivity index (χ0v) is 12.6. The van der Waals surface area contributed by atoms with Gasteiger partial charge in [-0.2, -0.15) is 0 Å². The highest BCUT2D eigenvalue weighted by atomic mass is 32.1. The van der Waals surface area contributed by atoms with Gasteiger partial charge in [-0.05, 0) is 45.0 Å². The van der Waals surface area contributed by atoms with Crippen LogP contribution in [0.15, 0.2) is 29.6 Å². The van der Waals surface area contributed by atoms with E-state index in [1.54, 1.807) is 35.6 Å². The molecule has 1 heterocycles. The van der Waals surface area contributed by atoms with Crippen molar-refractivity contribution in [1.29, 1.82) is 0 Å². The van der Waals surface area contributed by atoms with Gasteiger partial charge in [0.05, 0.1) is 22.4 Å². The first-order valence-corrected chi connectivity index (χ1v) is 7.27. The molecule has 0 saturated carbocycles. The molecule has 0 aliphatic rings. The topological polar surface area (TPSA) is 48.4 Å². The smallest absolute Gasteiger partial charge is 0.338 e. The molecule has 0 saturated heterocycles. The van der Waals surface area contributed by atoms with Crippen LogP contribution < -0.4 is 4.74 Å². The minimum Gasteiger partial charge on any atom is -0.487 e. The Morgan fingerprint density at radius 2 is 2.00 bits per heavy atom. The van der Waals surface area contributed by atoms with Gasteiger partial charge in [-0.3, -0.25) is 0 Å². The summed E-state index contributed by atoms with van der Waals surface area (Å²) in [5.74, 6) is 0.387. The molecule has 0 spiro atoms. The summed E-state index contributed by atoms with van der Waals surface area (Å²) in [7, 11) is 0. The van der Waals surface area contributed by atoms with Crippen molar-refractivity contribution in [3.05, 3.63) is 45.9 Å². The van der Waals surface area contributed by atoms with E-state index in [4.69, 9.17) is 9.47 Å². The molecule has 0 atom stereocenters. The molecule has 0 aliphatic carbocycles. The van der Waals surface area contributed by atoms with E-state index in [0.717, 1.165) is 10.7 Å². The molecule has 0 N–H and O–H groups in total. The highest BCUT2D eigenvalue weighted by molar-refractivity contribution is 7.09. The van der Waals surface area contributed by atoms with E-state index in [0.29, 0.717) is 17.9 Å². The van der Waals surface area contributed by atoms with Crippen molar-refractivity contribution in [2.75, 3.05) is 0 Å². The van der Waals surface area contributed by atoms with Gasteiger partial charge in [-0.25, -0.2) is 9.78 Å². The van der Waals surface area contributed by atoms with Gasteiger partial charge in [0.1, 0.15) is 12.4 Å². The Labute approximate surface area is 122 Å². The first-order chi connectivity index (χ1) is 9.54. The maximum absolute atomic E-state index is 11.7. The standard InChI is InChI=1S/C15H17NO3S/c1-10(2)19-15(17)12-4-6-14(7-5-12)18-8-13-9-20-11(3)16-13/h4-7,9-10H,8H2,1-3H3. The number of hydrogen-bond donors (Lipinski definition) is 0. The van der Waals surface area contributed by atoms with Crippen molar-refractivity contribution in [3.63, 3.8) is 0 Å². The molecule has 2 rings (SSSR count). The van der Waals surface area contributed by atoms with Crippen LogP contribution in [0, 0.1) is 6.92 Å². The zero-order valence-electron chi connectivity index (χ0n) is 11.8. The van der Waals surface area contributed by atoms with Crippen LogP contribution in [0.25, 0.3) is 0 Å². The number of esters is 1. The summed E-state index contributed by atoms with van der Waals surface area (Å²) in [6.07, 6.45) is -0.119. The Balaban J connectivity index is 1.93. The van der Waals surface area contributed by atoms with Crippen LogP contribution in [0.4, 0.5) is 0 Å². The fourth-order valence-corrected chi connectivity index (χ4v) is 2.20. The van der Waals surface area contributed by atoms with E-state index >= 15 is 0 Å². The van der Waals surface area contributed by atoms with E-state index in [1.807, 2.05) is 26.2 Å². The molecule has 0 aliphatic heterocycles. The Bertz CT molecular complexity index is 575. The molecule has 4 nitrogen and oxygen atoms in total. The second kappa shape index (κ2) is 6.52. The number of carbonyl (C=O) groups is 1. The SMILES string of the molecule is Cc1nc(COc2ccc(C(=O)OC(C)C)cc2)cs1. The molecule has 0 unspecified atom stereocenters. The molecule has 1 aromatic carbocycles. The molecular weight excluding hydrogens is 274 g/mol. The molecule has 0 bridgehead atoms. The van der Waals surface area contributed by atoms with Crippen molar-refractivity contribution >= 4 is 17.3 Å². The summed E-state index contributed by atoms with van der Waals surface area (Å²) in [4.78, 5) is 16.0. The highest BCUT2D eigenvalue weighted by Gasteiger charge is 2.09. The lowest BCUT2D eigenvalue weighted by Gasteiger charge is -2.08. The third-order valence-electron chi connectivity index (χ3n) is 2.49. The molecule has 0 fully saturated rings. The minimum atomic E-state index is -0.318. The number of aromatic nitrogens is 1. The molecule has 20 heavy (non-hydrogen) atoms. The molecule has 5 heteroatoms. The normalized spacial score (nSPS) is 10.6. The summed E-state index contributed by atoms with van der Waals surface area (Å²) in [6.45, 7) is 6.04. The lowest BCUT2D eigenvalue weighted by Crippen LogP contribution is -2.11. The number of thiazole rings is 1. The zero-order chi connectivity index (χ0) is 14.5. The van der Waals surface area contributed by atoms with Crippen LogP contribution >= 0.6 is 11.3 Å². The van der Waals surface area contributed by atoms with E-state index in [1.165, 1.54) is 0 Å². The Morgan fingerprint density at radius 3 is 2.55 bits per heavy atom. The molecule has 106 valence electrons. The van der Waals surface area contributed by atoms with Gasteiger partial charge >= 0.3 is 5.97 Å². The second-order valence-electron chi connectivity index (χ2n) is 4.62. The lowest BCUT2D eigenvalue weighted by atomic mass is 10.2. The fraction of sp³-hybridized carbons (Fsp3) is 0.333. The third-order valence-corrected chi connectivity index (χ3v) is 3.31.